The summed E-state index contributed by atoms with van der Waals surface area (Å²) in [5.74, 6) is 0. The number of hydrogen-bond acceptors (Lipinski definition) is 0. The van der Waals surface area contributed by atoms with Crippen LogP contribution in [0, 0.1) is 0 Å². The molecule has 0 atom stereocenters. The van der Waals surface area contributed by atoms with E-state index in [4.69, 9.17) is 0 Å². The van der Waals surface area contributed by atoms with Crippen LogP contribution in [0.25, 0.3) is 71.6 Å². The molecule has 195 valence electrons. The number of nitrogens with zero attached hydrogens (tertiary/aromatic N) is 1. The number of rotatable bonds is 2. The van der Waals surface area contributed by atoms with E-state index >= 15 is 0 Å². The first kappa shape index (κ1) is 22.6. The Morgan fingerprint density at radius 1 is 0.619 bits per heavy atom. The van der Waals surface area contributed by atoms with Gasteiger partial charge in [0.1, 0.15) is 0 Å². The summed E-state index contributed by atoms with van der Waals surface area (Å²) in [6.07, 6.45) is 0. The molecule has 4 heterocycles. The lowest BCUT2D eigenvalue weighted by molar-refractivity contribution is 0.631. The second kappa shape index (κ2) is 7.63. The molecule has 0 bridgehead atoms. The quantitative estimate of drug-likeness (QED) is 0.216. The Bertz CT molecular complexity index is 2460. The molecule has 0 fully saturated rings. The van der Waals surface area contributed by atoms with Crippen molar-refractivity contribution in [2.45, 2.75) is 19.3 Å². The highest BCUT2D eigenvalue weighted by Gasteiger charge is 2.39. The van der Waals surface area contributed by atoms with Crippen LogP contribution < -0.4 is 10.9 Å². The fourth-order valence-electron chi connectivity index (χ4n) is 8.06. The number of hydrogen-bond donors (Lipinski definition) is 1. The molecule has 3 heteroatoms. The van der Waals surface area contributed by atoms with Crippen LogP contribution >= 0.6 is 0 Å². The summed E-state index contributed by atoms with van der Waals surface area (Å²) in [4.78, 5) is 3.79. The molecule has 2 aliphatic rings. The number of aromatic amines is 1. The molecule has 1 radical (unpaired) electrons. The number of H-pyrrole nitrogens is 1. The lowest BCUT2D eigenvalue weighted by Crippen LogP contribution is -2.41. The number of benzene rings is 6. The van der Waals surface area contributed by atoms with Crippen LogP contribution in [-0.2, 0) is 5.41 Å². The summed E-state index contributed by atoms with van der Waals surface area (Å²) in [6, 6.07) is 42.6. The highest BCUT2D eigenvalue weighted by molar-refractivity contribution is 6.74. The Balaban J connectivity index is 1.45. The summed E-state index contributed by atoms with van der Waals surface area (Å²) in [7, 11) is 2.45. The Labute approximate surface area is 244 Å². The van der Waals surface area contributed by atoms with Gasteiger partial charge >= 0.3 is 0 Å². The van der Waals surface area contributed by atoms with E-state index in [0.717, 1.165) is 0 Å². The van der Waals surface area contributed by atoms with Gasteiger partial charge in [-0.1, -0.05) is 122 Å². The third kappa shape index (κ3) is 2.63. The van der Waals surface area contributed by atoms with E-state index in [9.17, 15) is 0 Å². The fourth-order valence-corrected chi connectivity index (χ4v) is 8.06. The first-order valence-corrected chi connectivity index (χ1v) is 14.8. The van der Waals surface area contributed by atoms with E-state index in [1.54, 1.807) is 0 Å². The minimum atomic E-state index is -0.0910. The molecule has 0 saturated heterocycles. The Morgan fingerprint density at radius 3 is 2.26 bits per heavy atom. The third-order valence-electron chi connectivity index (χ3n) is 9.95. The Morgan fingerprint density at radius 2 is 1.36 bits per heavy atom. The van der Waals surface area contributed by atoms with Crippen LogP contribution in [0.1, 0.15) is 25.0 Å². The molecule has 10 rings (SSSR count). The van der Waals surface area contributed by atoms with Gasteiger partial charge in [-0.25, -0.2) is 0 Å². The lowest BCUT2D eigenvalue weighted by atomic mass is 9.57. The van der Waals surface area contributed by atoms with Gasteiger partial charge in [-0.05, 0) is 45.4 Å². The summed E-state index contributed by atoms with van der Waals surface area (Å²) >= 11 is 0. The van der Waals surface area contributed by atoms with Crippen molar-refractivity contribution in [1.82, 2.24) is 9.55 Å². The Hall–Kier alpha value is -5.02. The van der Waals surface area contributed by atoms with Crippen molar-refractivity contribution in [2.24, 2.45) is 0 Å². The molecule has 2 aliphatic heterocycles. The van der Waals surface area contributed by atoms with Gasteiger partial charge in [-0.2, -0.15) is 0 Å². The number of para-hydroxylation sites is 4. The van der Waals surface area contributed by atoms with Gasteiger partial charge in [-0.3, -0.25) is 0 Å². The monoisotopic (exact) mass is 533 g/mol. The van der Waals surface area contributed by atoms with Gasteiger partial charge in [0.15, 0.2) is 7.28 Å². The Kier molecular flexibility index (Phi) is 4.11. The lowest BCUT2D eigenvalue weighted by Gasteiger charge is -2.37. The summed E-state index contributed by atoms with van der Waals surface area (Å²) in [6.45, 7) is 4.77. The van der Waals surface area contributed by atoms with Gasteiger partial charge < -0.3 is 9.55 Å². The molecular weight excluding hydrogens is 507 g/mol. The zero-order chi connectivity index (χ0) is 27.7. The van der Waals surface area contributed by atoms with E-state index in [2.05, 4.69) is 146 Å². The molecule has 6 aromatic carbocycles. The maximum absolute atomic E-state index is 3.79. The SMILES string of the molecule is CC1(C)c2cccc3c2-n2c4c1cccc4c1c(-c4ccccc4)cc(-c4cccc5c4[nH]c4ccccc45)c(c12)[B]3. The second-order valence-corrected chi connectivity index (χ2v) is 12.4. The standard InChI is InChI=1S/C39H26BN2/c1-39(2)29-17-9-16-26-33-27(22-11-4-3-5-12-22)21-28(25-15-8-14-24-23-13-6-7-20-32(23)41-35(24)25)34-38(33)42(36(26)29)37-30(39)18-10-19-31(37)40-34/h3-21,41H,1-2H3. The van der Waals surface area contributed by atoms with Gasteiger partial charge in [-0.15, -0.1) is 0 Å². The minimum Gasteiger partial charge on any atom is -0.354 e. The fraction of sp³-hybridized carbons (Fsp3) is 0.0769. The molecule has 0 spiro atoms. The van der Waals surface area contributed by atoms with Crippen molar-refractivity contribution in [2.75, 3.05) is 0 Å². The molecule has 2 nitrogen and oxygen atoms in total. The summed E-state index contributed by atoms with van der Waals surface area (Å²) < 4.78 is 2.60. The maximum atomic E-state index is 3.79. The van der Waals surface area contributed by atoms with Crippen molar-refractivity contribution in [3.8, 4) is 27.9 Å². The predicted octanol–water partition coefficient (Wildman–Crippen LogP) is 8.36. The number of nitrogens with one attached hydrogen (secondary N) is 1. The first-order chi connectivity index (χ1) is 20.6. The normalized spacial score (nSPS) is 14.3. The molecule has 0 amide bonds. The first-order valence-electron chi connectivity index (χ1n) is 14.8. The van der Waals surface area contributed by atoms with Crippen LogP contribution in [0.2, 0.25) is 0 Å². The van der Waals surface area contributed by atoms with Crippen LogP contribution in [-0.4, -0.2) is 16.8 Å². The highest BCUT2D eigenvalue weighted by Crippen LogP contribution is 2.50. The zero-order valence-electron chi connectivity index (χ0n) is 23.5. The van der Waals surface area contributed by atoms with Crippen LogP contribution in [0.3, 0.4) is 0 Å². The number of fused-ring (bicyclic) bond motifs is 4. The van der Waals surface area contributed by atoms with E-state index in [0.29, 0.717) is 0 Å². The van der Waals surface area contributed by atoms with Gasteiger partial charge in [0.25, 0.3) is 0 Å². The van der Waals surface area contributed by atoms with Crippen molar-refractivity contribution in [3.05, 3.63) is 126 Å². The minimum absolute atomic E-state index is 0.0910. The summed E-state index contributed by atoms with van der Waals surface area (Å²) in [5.41, 5.74) is 16.7. The van der Waals surface area contributed by atoms with E-state index < -0.39 is 0 Å². The van der Waals surface area contributed by atoms with Crippen molar-refractivity contribution < 1.29 is 0 Å². The second-order valence-electron chi connectivity index (χ2n) is 12.4. The van der Waals surface area contributed by atoms with Crippen LogP contribution in [0.5, 0.6) is 0 Å². The average molecular weight is 533 g/mol. The largest absolute Gasteiger partial charge is 0.354 e. The predicted molar refractivity (Wildman–Crippen MR) is 178 cm³/mol. The molecule has 42 heavy (non-hydrogen) atoms. The zero-order valence-corrected chi connectivity index (χ0v) is 23.5. The van der Waals surface area contributed by atoms with E-state index in [1.807, 2.05) is 0 Å². The molecule has 0 unspecified atom stereocenters. The van der Waals surface area contributed by atoms with Crippen molar-refractivity contribution in [3.63, 3.8) is 0 Å². The van der Waals surface area contributed by atoms with Crippen LogP contribution in [0.4, 0.5) is 0 Å². The smallest absolute Gasteiger partial charge is 0.197 e. The summed E-state index contributed by atoms with van der Waals surface area (Å²) in [5, 5.41) is 5.21. The van der Waals surface area contributed by atoms with Gasteiger partial charge in [0, 0.05) is 49.2 Å². The molecule has 8 aromatic rings. The van der Waals surface area contributed by atoms with Crippen molar-refractivity contribution in [1.29, 1.82) is 0 Å². The topological polar surface area (TPSA) is 20.7 Å². The number of aromatic nitrogens is 2. The molecular formula is C39H26BN2. The van der Waals surface area contributed by atoms with Gasteiger partial charge in [0.2, 0.25) is 0 Å². The molecule has 1 N–H and O–H groups in total. The molecule has 0 aliphatic carbocycles. The van der Waals surface area contributed by atoms with Crippen LogP contribution in [0.15, 0.2) is 115 Å². The van der Waals surface area contributed by atoms with E-state index in [1.165, 1.54) is 93.6 Å². The molecule has 2 aromatic heterocycles. The maximum Gasteiger partial charge on any atom is 0.197 e. The molecule has 0 saturated carbocycles. The highest BCUT2D eigenvalue weighted by atomic mass is 15.0. The van der Waals surface area contributed by atoms with Crippen molar-refractivity contribution >= 4 is 61.8 Å². The third-order valence-corrected chi connectivity index (χ3v) is 9.95. The average Bonchev–Trinajstić information content (AvgIpc) is 3.58. The van der Waals surface area contributed by atoms with Gasteiger partial charge in [0.05, 0.1) is 11.0 Å². The van der Waals surface area contributed by atoms with E-state index in [-0.39, 0.29) is 5.41 Å².